The van der Waals surface area contributed by atoms with Crippen molar-refractivity contribution in [2.24, 2.45) is 5.73 Å². The van der Waals surface area contributed by atoms with Gasteiger partial charge in [-0.15, -0.1) is 12.4 Å². The molecule has 0 saturated carbocycles. The third-order valence-corrected chi connectivity index (χ3v) is 3.43. The number of carbonyl (C=O) groups excluding carboxylic acids is 1. The van der Waals surface area contributed by atoms with E-state index in [1.807, 2.05) is 30.3 Å². The first kappa shape index (κ1) is 20.7. The fraction of sp³-hybridized carbons (Fsp3) is 0.211. The smallest absolute Gasteiger partial charge is 0.253 e. The number of ether oxygens (including phenoxy) is 1. The van der Waals surface area contributed by atoms with Crippen molar-refractivity contribution >= 4 is 18.3 Å². The lowest BCUT2D eigenvalue weighted by Crippen LogP contribution is -2.26. The summed E-state index contributed by atoms with van der Waals surface area (Å²) < 4.78 is 18.5. The lowest BCUT2D eigenvalue weighted by Gasteiger charge is -2.17. The summed E-state index contributed by atoms with van der Waals surface area (Å²) >= 11 is 0. The highest BCUT2D eigenvalue weighted by Gasteiger charge is 2.12. The van der Waals surface area contributed by atoms with Crippen molar-refractivity contribution in [3.63, 3.8) is 0 Å². The number of hydrogen-bond donors (Lipinski definition) is 1. The number of rotatable bonds is 7. The van der Waals surface area contributed by atoms with Gasteiger partial charge in [-0.3, -0.25) is 4.79 Å². The highest BCUT2D eigenvalue weighted by molar-refractivity contribution is 5.94. The first-order chi connectivity index (χ1) is 11.6. The maximum Gasteiger partial charge on any atom is 0.253 e. The zero-order valence-corrected chi connectivity index (χ0v) is 14.8. The van der Waals surface area contributed by atoms with Gasteiger partial charge in [0, 0.05) is 25.7 Å². The average molecular weight is 365 g/mol. The SMILES string of the molecule is CN(Cc1ccccc1)C(=O)c1ccc(OC/C(F)=C\CN)cc1.Cl. The number of hydrogen-bond acceptors (Lipinski definition) is 3. The van der Waals surface area contributed by atoms with Gasteiger partial charge in [0.15, 0.2) is 0 Å². The predicted octanol–water partition coefficient (Wildman–Crippen LogP) is 3.57. The van der Waals surface area contributed by atoms with E-state index in [2.05, 4.69) is 0 Å². The Morgan fingerprint density at radius 3 is 2.40 bits per heavy atom. The second kappa shape index (κ2) is 10.5. The first-order valence-corrected chi connectivity index (χ1v) is 7.67. The summed E-state index contributed by atoms with van der Waals surface area (Å²) in [6, 6.07) is 16.4. The molecule has 0 spiro atoms. The molecule has 2 rings (SSSR count). The van der Waals surface area contributed by atoms with Crippen LogP contribution in [0.1, 0.15) is 15.9 Å². The zero-order valence-electron chi connectivity index (χ0n) is 14.0. The number of amides is 1. The minimum absolute atomic E-state index is 0. The maximum atomic E-state index is 13.2. The molecule has 0 aliphatic heterocycles. The van der Waals surface area contributed by atoms with Gasteiger partial charge in [0.25, 0.3) is 5.91 Å². The first-order valence-electron chi connectivity index (χ1n) is 7.67. The van der Waals surface area contributed by atoms with Crippen LogP contribution in [0.3, 0.4) is 0 Å². The number of nitrogens with zero attached hydrogens (tertiary/aromatic N) is 1. The van der Waals surface area contributed by atoms with Crippen molar-refractivity contribution in [3.8, 4) is 5.75 Å². The predicted molar refractivity (Wildman–Crippen MR) is 99.7 cm³/mol. The molecule has 25 heavy (non-hydrogen) atoms. The van der Waals surface area contributed by atoms with Gasteiger partial charge in [0.2, 0.25) is 0 Å². The van der Waals surface area contributed by atoms with Gasteiger partial charge >= 0.3 is 0 Å². The lowest BCUT2D eigenvalue weighted by molar-refractivity contribution is 0.0785. The van der Waals surface area contributed by atoms with Crippen molar-refractivity contribution in [3.05, 3.63) is 77.6 Å². The normalized spacial score (nSPS) is 10.8. The van der Waals surface area contributed by atoms with Crippen LogP contribution in [0.2, 0.25) is 0 Å². The maximum absolute atomic E-state index is 13.2. The van der Waals surface area contributed by atoms with Gasteiger partial charge in [0.05, 0.1) is 0 Å². The Balaban J connectivity index is 0.00000312. The van der Waals surface area contributed by atoms with Crippen LogP contribution in [0.25, 0.3) is 0 Å². The van der Waals surface area contributed by atoms with E-state index in [-0.39, 0.29) is 31.5 Å². The lowest BCUT2D eigenvalue weighted by atomic mass is 10.1. The van der Waals surface area contributed by atoms with Crippen LogP contribution >= 0.6 is 12.4 Å². The van der Waals surface area contributed by atoms with Crippen molar-refractivity contribution in [2.75, 3.05) is 20.2 Å². The van der Waals surface area contributed by atoms with Gasteiger partial charge < -0.3 is 15.4 Å². The molecule has 6 heteroatoms. The fourth-order valence-electron chi connectivity index (χ4n) is 2.18. The average Bonchev–Trinajstić information content (AvgIpc) is 2.61. The molecular weight excluding hydrogens is 343 g/mol. The van der Waals surface area contributed by atoms with E-state index in [4.69, 9.17) is 10.5 Å². The molecule has 0 heterocycles. The standard InChI is InChI=1S/C19H21FN2O2.ClH/c1-22(13-15-5-3-2-4-6-15)19(23)16-7-9-18(10-8-16)24-14-17(20)11-12-21;/h2-11H,12-14,21H2,1H3;1H/b17-11+;. The molecule has 0 saturated heterocycles. The third-order valence-electron chi connectivity index (χ3n) is 3.43. The number of nitrogens with two attached hydrogens (primary N) is 1. The molecule has 2 N–H and O–H groups in total. The highest BCUT2D eigenvalue weighted by atomic mass is 35.5. The third kappa shape index (κ3) is 6.57. The molecule has 2 aromatic carbocycles. The quantitative estimate of drug-likeness (QED) is 0.817. The van der Waals surface area contributed by atoms with Crippen LogP contribution in [0.15, 0.2) is 66.5 Å². The van der Waals surface area contributed by atoms with Gasteiger partial charge in [0.1, 0.15) is 18.2 Å². The van der Waals surface area contributed by atoms with Gasteiger partial charge in [-0.1, -0.05) is 30.3 Å². The Hall–Kier alpha value is -2.37. The Morgan fingerprint density at radius 2 is 1.80 bits per heavy atom. The second-order valence-electron chi connectivity index (χ2n) is 5.35. The molecule has 0 fully saturated rings. The summed E-state index contributed by atoms with van der Waals surface area (Å²) in [6.07, 6.45) is 1.26. The van der Waals surface area contributed by atoms with E-state index >= 15 is 0 Å². The van der Waals surface area contributed by atoms with E-state index in [1.165, 1.54) is 6.08 Å². The molecule has 0 atom stereocenters. The zero-order chi connectivity index (χ0) is 17.4. The summed E-state index contributed by atoms with van der Waals surface area (Å²) in [5.74, 6) is -0.00214. The Bertz CT molecular complexity index is 690. The van der Waals surface area contributed by atoms with Crippen LogP contribution in [-0.4, -0.2) is 31.0 Å². The van der Waals surface area contributed by atoms with Crippen LogP contribution in [0.5, 0.6) is 5.75 Å². The number of benzene rings is 2. The summed E-state index contributed by atoms with van der Waals surface area (Å²) in [7, 11) is 1.76. The minimum atomic E-state index is -0.416. The second-order valence-corrected chi connectivity index (χ2v) is 5.35. The monoisotopic (exact) mass is 364 g/mol. The van der Waals surface area contributed by atoms with Crippen LogP contribution in [-0.2, 0) is 6.54 Å². The van der Waals surface area contributed by atoms with Crippen molar-refractivity contribution in [1.29, 1.82) is 0 Å². The van der Waals surface area contributed by atoms with Gasteiger partial charge in [-0.05, 0) is 35.9 Å². The van der Waals surface area contributed by atoms with Crippen molar-refractivity contribution in [2.45, 2.75) is 6.54 Å². The van der Waals surface area contributed by atoms with Crippen molar-refractivity contribution in [1.82, 2.24) is 4.90 Å². The molecule has 0 aliphatic carbocycles. The molecule has 0 radical (unpaired) electrons. The molecule has 4 nitrogen and oxygen atoms in total. The van der Waals surface area contributed by atoms with E-state index < -0.39 is 5.83 Å². The molecule has 1 amide bonds. The Labute approximate surface area is 153 Å². The number of halogens is 2. The van der Waals surface area contributed by atoms with E-state index in [9.17, 15) is 9.18 Å². The molecule has 0 bridgehead atoms. The topological polar surface area (TPSA) is 55.6 Å². The highest BCUT2D eigenvalue weighted by Crippen LogP contribution is 2.15. The van der Waals surface area contributed by atoms with Gasteiger partial charge in [-0.2, -0.15) is 0 Å². The van der Waals surface area contributed by atoms with E-state index in [0.717, 1.165) is 5.56 Å². The van der Waals surface area contributed by atoms with Crippen LogP contribution < -0.4 is 10.5 Å². The Kier molecular flexibility index (Phi) is 8.67. The molecule has 0 unspecified atom stereocenters. The molecule has 0 aromatic heterocycles. The van der Waals surface area contributed by atoms with Crippen LogP contribution in [0, 0.1) is 0 Å². The van der Waals surface area contributed by atoms with Crippen molar-refractivity contribution < 1.29 is 13.9 Å². The number of carbonyl (C=O) groups is 1. The minimum Gasteiger partial charge on any atom is -0.487 e. The summed E-state index contributed by atoms with van der Waals surface area (Å²) in [5, 5.41) is 0. The largest absolute Gasteiger partial charge is 0.487 e. The molecule has 134 valence electrons. The molecule has 2 aromatic rings. The van der Waals surface area contributed by atoms with E-state index in [0.29, 0.717) is 17.9 Å². The fourth-order valence-corrected chi connectivity index (χ4v) is 2.18. The molecule has 0 aliphatic rings. The van der Waals surface area contributed by atoms with E-state index in [1.54, 1.807) is 36.2 Å². The molecular formula is C19H22ClFN2O2. The summed E-state index contributed by atoms with van der Waals surface area (Å²) in [6.45, 7) is 0.502. The summed E-state index contributed by atoms with van der Waals surface area (Å²) in [4.78, 5) is 14.1. The Morgan fingerprint density at radius 1 is 1.16 bits per heavy atom. The summed E-state index contributed by atoms with van der Waals surface area (Å²) in [5.41, 5.74) is 6.84. The van der Waals surface area contributed by atoms with Crippen LogP contribution in [0.4, 0.5) is 4.39 Å². The van der Waals surface area contributed by atoms with Gasteiger partial charge in [-0.25, -0.2) is 4.39 Å².